The van der Waals surface area contributed by atoms with Crippen molar-refractivity contribution in [1.29, 1.82) is 0 Å². The Labute approximate surface area is 60.9 Å². The molecule has 1 aliphatic heterocycles. The molecule has 1 heterocycles. The summed E-state index contributed by atoms with van der Waals surface area (Å²) in [7, 11) is 0. The van der Waals surface area contributed by atoms with Crippen LogP contribution in [0.25, 0.3) is 0 Å². The Balaban J connectivity index is 2.15. The van der Waals surface area contributed by atoms with Crippen LogP contribution in [0.5, 0.6) is 0 Å². The van der Waals surface area contributed by atoms with E-state index >= 15 is 0 Å². The molecular weight excluding hydrogens is 126 g/mol. The molecule has 2 atom stereocenters. The van der Waals surface area contributed by atoms with Crippen molar-refractivity contribution in [3.63, 3.8) is 0 Å². The van der Waals surface area contributed by atoms with Crippen LogP contribution in [0.15, 0.2) is 12.2 Å². The van der Waals surface area contributed by atoms with Gasteiger partial charge in [-0.3, -0.25) is 0 Å². The fourth-order valence-electron chi connectivity index (χ4n) is 1.97. The van der Waals surface area contributed by atoms with Crippen LogP contribution in [-0.2, 0) is 0 Å². The molecule has 1 fully saturated rings. The molecule has 2 nitrogen and oxygen atoms in total. The third-order valence-corrected chi connectivity index (χ3v) is 2.64. The van der Waals surface area contributed by atoms with Crippen LogP contribution in [0, 0.1) is 0 Å². The summed E-state index contributed by atoms with van der Waals surface area (Å²) in [4.78, 5) is 0. The maximum atomic E-state index is 9.53. The van der Waals surface area contributed by atoms with Crippen molar-refractivity contribution in [1.82, 2.24) is 5.32 Å². The van der Waals surface area contributed by atoms with Crippen molar-refractivity contribution in [3.8, 4) is 0 Å². The molecule has 2 aliphatic rings. The predicted molar refractivity (Wildman–Crippen MR) is 39.7 cm³/mol. The van der Waals surface area contributed by atoms with Crippen LogP contribution < -0.4 is 5.32 Å². The van der Waals surface area contributed by atoms with Crippen molar-refractivity contribution in [3.05, 3.63) is 12.2 Å². The standard InChI is InChI=1S/C8H13NO/c10-7-3-1-4-8(7)5-2-6-9-8/h1,3,7,9-10H,2,4-6H2/t7-,8-/m0/s1. The lowest BCUT2D eigenvalue weighted by molar-refractivity contribution is 0.124. The van der Waals surface area contributed by atoms with E-state index in [1.54, 1.807) is 0 Å². The summed E-state index contributed by atoms with van der Waals surface area (Å²) in [5, 5.41) is 12.9. The van der Waals surface area contributed by atoms with E-state index in [1.165, 1.54) is 6.42 Å². The van der Waals surface area contributed by atoms with Gasteiger partial charge in [0.05, 0.1) is 11.6 Å². The molecule has 1 spiro atoms. The molecule has 0 unspecified atom stereocenters. The van der Waals surface area contributed by atoms with Gasteiger partial charge in [0.25, 0.3) is 0 Å². The maximum absolute atomic E-state index is 9.53. The number of rotatable bonds is 0. The molecule has 0 radical (unpaired) electrons. The number of aliphatic hydroxyl groups is 1. The Hall–Kier alpha value is -0.340. The molecule has 1 saturated heterocycles. The quantitative estimate of drug-likeness (QED) is 0.477. The highest BCUT2D eigenvalue weighted by atomic mass is 16.3. The van der Waals surface area contributed by atoms with Gasteiger partial charge in [-0.2, -0.15) is 0 Å². The van der Waals surface area contributed by atoms with Crippen LogP contribution in [0.4, 0.5) is 0 Å². The van der Waals surface area contributed by atoms with Crippen LogP contribution in [-0.4, -0.2) is 23.3 Å². The summed E-state index contributed by atoms with van der Waals surface area (Å²) in [6.45, 7) is 1.07. The molecule has 0 amide bonds. The van der Waals surface area contributed by atoms with Crippen LogP contribution >= 0.6 is 0 Å². The van der Waals surface area contributed by atoms with E-state index in [0.29, 0.717) is 0 Å². The molecule has 10 heavy (non-hydrogen) atoms. The molecule has 56 valence electrons. The fraction of sp³-hybridized carbons (Fsp3) is 0.750. The van der Waals surface area contributed by atoms with Crippen LogP contribution in [0.2, 0.25) is 0 Å². The Morgan fingerprint density at radius 2 is 2.50 bits per heavy atom. The third kappa shape index (κ3) is 0.724. The highest BCUT2D eigenvalue weighted by molar-refractivity contribution is 5.16. The average Bonchev–Trinajstić information content (AvgIpc) is 2.48. The Morgan fingerprint density at radius 3 is 3.00 bits per heavy atom. The molecule has 1 aliphatic carbocycles. The van der Waals surface area contributed by atoms with Crippen molar-refractivity contribution in [2.45, 2.75) is 30.9 Å². The lowest BCUT2D eigenvalue weighted by Crippen LogP contribution is -2.46. The number of aliphatic hydroxyl groups excluding tert-OH is 1. The van der Waals surface area contributed by atoms with Gasteiger partial charge in [-0.25, -0.2) is 0 Å². The number of nitrogens with one attached hydrogen (secondary N) is 1. The van der Waals surface area contributed by atoms with E-state index in [2.05, 4.69) is 11.4 Å². The van der Waals surface area contributed by atoms with E-state index in [1.807, 2.05) is 6.08 Å². The number of hydrogen-bond acceptors (Lipinski definition) is 2. The normalized spacial score (nSPS) is 45.5. The Bertz CT molecular complexity index is 159. The predicted octanol–water partition coefficient (Wildman–Crippen LogP) is 0.429. The summed E-state index contributed by atoms with van der Waals surface area (Å²) in [5.74, 6) is 0. The topological polar surface area (TPSA) is 32.3 Å². The van der Waals surface area contributed by atoms with Gasteiger partial charge in [-0.1, -0.05) is 12.2 Å². The summed E-state index contributed by atoms with van der Waals surface area (Å²) in [5.41, 5.74) is 0.0417. The van der Waals surface area contributed by atoms with Crippen molar-refractivity contribution in [2.75, 3.05) is 6.54 Å². The molecule has 0 aromatic heterocycles. The molecule has 0 aromatic rings. The first kappa shape index (κ1) is 6.38. The van der Waals surface area contributed by atoms with E-state index in [4.69, 9.17) is 0 Å². The lowest BCUT2D eigenvalue weighted by atomic mass is 9.92. The second kappa shape index (κ2) is 2.07. The second-order valence-electron chi connectivity index (χ2n) is 3.26. The summed E-state index contributed by atoms with van der Waals surface area (Å²) in [6, 6.07) is 0. The fourth-order valence-corrected chi connectivity index (χ4v) is 1.97. The molecule has 2 N–H and O–H groups in total. The van der Waals surface area contributed by atoms with Gasteiger partial charge in [0.15, 0.2) is 0 Å². The monoisotopic (exact) mass is 139 g/mol. The zero-order chi connectivity index (χ0) is 7.03. The van der Waals surface area contributed by atoms with Gasteiger partial charge in [0.2, 0.25) is 0 Å². The van der Waals surface area contributed by atoms with Gasteiger partial charge >= 0.3 is 0 Å². The molecule has 2 rings (SSSR count). The maximum Gasteiger partial charge on any atom is 0.0905 e. The van der Waals surface area contributed by atoms with E-state index < -0.39 is 0 Å². The summed E-state index contributed by atoms with van der Waals surface area (Å²) < 4.78 is 0. The van der Waals surface area contributed by atoms with Gasteiger partial charge in [-0.15, -0.1) is 0 Å². The van der Waals surface area contributed by atoms with Gasteiger partial charge in [0.1, 0.15) is 0 Å². The lowest BCUT2D eigenvalue weighted by Gasteiger charge is -2.27. The Morgan fingerprint density at radius 1 is 1.60 bits per heavy atom. The van der Waals surface area contributed by atoms with Crippen LogP contribution in [0.1, 0.15) is 19.3 Å². The van der Waals surface area contributed by atoms with Gasteiger partial charge in [0, 0.05) is 0 Å². The van der Waals surface area contributed by atoms with Gasteiger partial charge < -0.3 is 10.4 Å². The SMILES string of the molecule is O[C@H]1C=CC[C@]12CCCN2. The highest BCUT2D eigenvalue weighted by Gasteiger charge is 2.40. The zero-order valence-electron chi connectivity index (χ0n) is 6.01. The second-order valence-corrected chi connectivity index (χ2v) is 3.26. The first-order valence-corrected chi connectivity index (χ1v) is 3.93. The van der Waals surface area contributed by atoms with E-state index in [0.717, 1.165) is 19.4 Å². The first-order valence-electron chi connectivity index (χ1n) is 3.93. The minimum atomic E-state index is -0.241. The summed E-state index contributed by atoms with van der Waals surface area (Å²) in [6.07, 6.45) is 7.07. The minimum absolute atomic E-state index is 0.0417. The van der Waals surface area contributed by atoms with Gasteiger partial charge in [-0.05, 0) is 25.8 Å². The average molecular weight is 139 g/mol. The number of hydrogen-bond donors (Lipinski definition) is 2. The largest absolute Gasteiger partial charge is 0.387 e. The molecule has 2 heteroatoms. The smallest absolute Gasteiger partial charge is 0.0905 e. The summed E-state index contributed by atoms with van der Waals surface area (Å²) >= 11 is 0. The third-order valence-electron chi connectivity index (χ3n) is 2.64. The highest BCUT2D eigenvalue weighted by Crippen LogP contribution is 2.32. The zero-order valence-corrected chi connectivity index (χ0v) is 6.01. The molecule has 0 aromatic carbocycles. The van der Waals surface area contributed by atoms with E-state index in [-0.39, 0.29) is 11.6 Å². The molecular formula is C8H13NO. The van der Waals surface area contributed by atoms with Crippen molar-refractivity contribution < 1.29 is 5.11 Å². The van der Waals surface area contributed by atoms with Crippen LogP contribution in [0.3, 0.4) is 0 Å². The Kier molecular flexibility index (Phi) is 1.32. The molecule has 0 saturated carbocycles. The van der Waals surface area contributed by atoms with Crippen molar-refractivity contribution >= 4 is 0 Å². The van der Waals surface area contributed by atoms with Crippen molar-refractivity contribution in [2.24, 2.45) is 0 Å². The first-order chi connectivity index (χ1) is 4.83. The van der Waals surface area contributed by atoms with E-state index in [9.17, 15) is 5.11 Å². The minimum Gasteiger partial charge on any atom is -0.387 e. The molecule has 0 bridgehead atoms.